The zero-order valence-corrected chi connectivity index (χ0v) is 12.3. The normalized spacial score (nSPS) is 16.3. The zero-order valence-electron chi connectivity index (χ0n) is 11.6. The van der Waals surface area contributed by atoms with E-state index in [1.165, 1.54) is 12.1 Å². The number of halogens is 4. The average molecular weight is 346 g/mol. The summed E-state index contributed by atoms with van der Waals surface area (Å²) in [6.07, 6.45) is -2.69. The molecule has 1 amide bonds. The molecule has 0 saturated heterocycles. The summed E-state index contributed by atoms with van der Waals surface area (Å²) in [5, 5.41) is 2.15. The number of hydrogen-bond donors (Lipinski definition) is 2. The van der Waals surface area contributed by atoms with Crippen molar-refractivity contribution in [3.05, 3.63) is 39.3 Å². The summed E-state index contributed by atoms with van der Waals surface area (Å²) in [7, 11) is 0. The molecule has 1 aliphatic rings. The highest BCUT2D eigenvalue weighted by molar-refractivity contribution is 6.29. The van der Waals surface area contributed by atoms with Crippen LogP contribution in [0.1, 0.15) is 23.2 Å². The van der Waals surface area contributed by atoms with E-state index in [1.54, 1.807) is 0 Å². The number of alkyl halides is 3. The van der Waals surface area contributed by atoms with Gasteiger partial charge < -0.3 is 10.3 Å². The van der Waals surface area contributed by atoms with Gasteiger partial charge in [-0.15, -0.1) is 0 Å². The highest BCUT2D eigenvalue weighted by atomic mass is 35.5. The molecule has 1 saturated carbocycles. The van der Waals surface area contributed by atoms with Crippen LogP contribution >= 0.6 is 11.6 Å². The van der Waals surface area contributed by atoms with Crippen LogP contribution in [-0.4, -0.2) is 28.1 Å². The molecule has 0 bridgehead atoms. The number of nitrogens with zero attached hydrogens (tertiary/aromatic N) is 1. The van der Waals surface area contributed by atoms with Crippen LogP contribution in [0.3, 0.4) is 0 Å². The van der Waals surface area contributed by atoms with Crippen molar-refractivity contribution in [3.63, 3.8) is 0 Å². The summed E-state index contributed by atoms with van der Waals surface area (Å²) >= 11 is 5.70. The van der Waals surface area contributed by atoms with E-state index in [0.29, 0.717) is 12.8 Å². The molecule has 1 atom stereocenters. The molecule has 122 valence electrons. The number of nitrogens with one attached hydrogen (secondary N) is 2. The Bertz CT molecular complexity index is 830. The van der Waals surface area contributed by atoms with Crippen LogP contribution in [-0.2, 0) is 0 Å². The number of aromatic nitrogens is 2. The van der Waals surface area contributed by atoms with Crippen LogP contribution in [0.4, 0.5) is 13.2 Å². The lowest BCUT2D eigenvalue weighted by Crippen LogP contribution is -2.47. The predicted octanol–water partition coefficient (Wildman–Crippen LogP) is 2.65. The fourth-order valence-corrected chi connectivity index (χ4v) is 2.51. The highest BCUT2D eigenvalue weighted by Gasteiger charge is 2.49. The fourth-order valence-electron chi connectivity index (χ4n) is 2.36. The molecule has 9 heteroatoms. The molecule has 3 rings (SSSR count). The third-order valence-electron chi connectivity index (χ3n) is 3.68. The van der Waals surface area contributed by atoms with Crippen LogP contribution in [0, 0.1) is 5.92 Å². The van der Waals surface area contributed by atoms with Gasteiger partial charge in [0, 0.05) is 6.20 Å². The van der Waals surface area contributed by atoms with Gasteiger partial charge in [0.25, 0.3) is 5.91 Å². The molecule has 0 spiro atoms. The quantitative estimate of drug-likeness (QED) is 0.840. The maximum Gasteiger partial charge on any atom is 0.408 e. The number of pyridine rings is 2. The average Bonchev–Trinajstić information content (AvgIpc) is 3.27. The van der Waals surface area contributed by atoms with E-state index < -0.39 is 35.0 Å². The van der Waals surface area contributed by atoms with E-state index in [4.69, 9.17) is 11.6 Å². The molecule has 0 aromatic carbocycles. The Labute approximate surface area is 132 Å². The van der Waals surface area contributed by atoms with Crippen molar-refractivity contribution in [1.29, 1.82) is 0 Å². The van der Waals surface area contributed by atoms with Crippen LogP contribution in [0.2, 0.25) is 5.15 Å². The van der Waals surface area contributed by atoms with Crippen molar-refractivity contribution in [2.75, 3.05) is 0 Å². The first-order chi connectivity index (χ1) is 10.8. The minimum atomic E-state index is -4.55. The molecule has 2 aromatic heterocycles. The topological polar surface area (TPSA) is 74.8 Å². The summed E-state index contributed by atoms with van der Waals surface area (Å²) in [5.74, 6) is -1.68. The largest absolute Gasteiger partial charge is 0.408 e. The van der Waals surface area contributed by atoms with Gasteiger partial charge in [0.15, 0.2) is 0 Å². The Morgan fingerprint density at radius 1 is 1.39 bits per heavy atom. The standard InChI is InChI=1S/C14H11ClF3N3O2/c15-9-4-3-7-10(22)8(5-19-12(7)20-9)13(23)21-11(6-1-2-6)14(16,17)18/h3-6,11H,1-2H2,(H,21,23)(H,19,20,22)/t11-/m1/s1. The Balaban J connectivity index is 1.93. The van der Waals surface area contributed by atoms with Gasteiger partial charge in [0.05, 0.1) is 5.39 Å². The molecular formula is C14H11ClF3N3O2. The second-order valence-corrected chi connectivity index (χ2v) is 5.78. The van der Waals surface area contributed by atoms with Gasteiger partial charge in [0.2, 0.25) is 5.43 Å². The van der Waals surface area contributed by atoms with Gasteiger partial charge in [-0.05, 0) is 30.9 Å². The van der Waals surface area contributed by atoms with Crippen LogP contribution in [0.25, 0.3) is 11.0 Å². The number of carbonyl (C=O) groups is 1. The summed E-state index contributed by atoms with van der Waals surface area (Å²) in [4.78, 5) is 30.8. The number of fused-ring (bicyclic) bond motifs is 1. The van der Waals surface area contributed by atoms with Gasteiger partial charge in [-0.1, -0.05) is 11.6 Å². The molecule has 1 fully saturated rings. The molecule has 0 radical (unpaired) electrons. The molecular weight excluding hydrogens is 335 g/mol. The summed E-state index contributed by atoms with van der Waals surface area (Å²) in [6.45, 7) is 0. The Kier molecular flexibility index (Phi) is 3.79. The first kappa shape index (κ1) is 15.8. The lowest BCUT2D eigenvalue weighted by molar-refractivity contribution is -0.158. The van der Waals surface area contributed by atoms with Crippen molar-refractivity contribution in [1.82, 2.24) is 15.3 Å². The van der Waals surface area contributed by atoms with Crippen LogP contribution in [0.15, 0.2) is 23.1 Å². The molecule has 2 heterocycles. The number of rotatable bonds is 3. The zero-order chi connectivity index (χ0) is 16.8. The third kappa shape index (κ3) is 3.17. The Morgan fingerprint density at radius 2 is 2.09 bits per heavy atom. The molecule has 23 heavy (non-hydrogen) atoms. The Morgan fingerprint density at radius 3 is 2.70 bits per heavy atom. The monoisotopic (exact) mass is 345 g/mol. The third-order valence-corrected chi connectivity index (χ3v) is 3.89. The molecule has 2 aromatic rings. The van der Waals surface area contributed by atoms with Gasteiger partial charge in [-0.3, -0.25) is 9.59 Å². The number of hydrogen-bond acceptors (Lipinski definition) is 3. The number of amides is 1. The van der Waals surface area contributed by atoms with E-state index in [-0.39, 0.29) is 16.2 Å². The molecule has 1 aliphatic carbocycles. The van der Waals surface area contributed by atoms with E-state index >= 15 is 0 Å². The van der Waals surface area contributed by atoms with Gasteiger partial charge in [0.1, 0.15) is 22.4 Å². The number of aromatic amines is 1. The molecule has 0 unspecified atom stereocenters. The van der Waals surface area contributed by atoms with Crippen molar-refractivity contribution in [3.8, 4) is 0 Å². The van der Waals surface area contributed by atoms with Crippen LogP contribution < -0.4 is 10.7 Å². The smallest absolute Gasteiger partial charge is 0.345 e. The van der Waals surface area contributed by atoms with E-state index in [0.717, 1.165) is 6.20 Å². The van der Waals surface area contributed by atoms with Crippen molar-refractivity contribution >= 4 is 28.5 Å². The maximum absolute atomic E-state index is 13.0. The second-order valence-electron chi connectivity index (χ2n) is 5.39. The van der Waals surface area contributed by atoms with Crippen molar-refractivity contribution in [2.24, 2.45) is 5.92 Å². The maximum atomic E-state index is 13.0. The van der Waals surface area contributed by atoms with E-state index in [1.807, 2.05) is 5.32 Å². The number of carbonyl (C=O) groups excluding carboxylic acids is 1. The molecule has 5 nitrogen and oxygen atoms in total. The number of H-pyrrole nitrogens is 1. The molecule has 2 N–H and O–H groups in total. The van der Waals surface area contributed by atoms with Crippen LogP contribution in [0.5, 0.6) is 0 Å². The lowest BCUT2D eigenvalue weighted by Gasteiger charge is -2.21. The van der Waals surface area contributed by atoms with Crippen molar-refractivity contribution in [2.45, 2.75) is 25.1 Å². The summed E-state index contributed by atoms with van der Waals surface area (Å²) in [6, 6.07) is 0.791. The summed E-state index contributed by atoms with van der Waals surface area (Å²) < 4.78 is 38.9. The first-order valence-corrected chi connectivity index (χ1v) is 7.20. The Hall–Kier alpha value is -2.09. The minimum Gasteiger partial charge on any atom is -0.345 e. The molecule has 0 aliphatic heterocycles. The lowest BCUT2D eigenvalue weighted by atomic mass is 10.1. The van der Waals surface area contributed by atoms with Crippen molar-refractivity contribution < 1.29 is 18.0 Å². The summed E-state index contributed by atoms with van der Waals surface area (Å²) in [5.41, 5.74) is -0.928. The first-order valence-electron chi connectivity index (χ1n) is 6.83. The second kappa shape index (κ2) is 5.52. The SMILES string of the molecule is O=C(N[C@H](C1CC1)C(F)(F)F)c1c[nH]c2nc(Cl)ccc2c1=O. The van der Waals surface area contributed by atoms with Gasteiger partial charge >= 0.3 is 6.18 Å². The minimum absolute atomic E-state index is 0.0806. The van der Waals surface area contributed by atoms with Gasteiger partial charge in [-0.25, -0.2) is 4.98 Å². The van der Waals surface area contributed by atoms with E-state index in [2.05, 4.69) is 9.97 Å². The predicted molar refractivity (Wildman–Crippen MR) is 77.4 cm³/mol. The van der Waals surface area contributed by atoms with E-state index in [9.17, 15) is 22.8 Å². The highest BCUT2D eigenvalue weighted by Crippen LogP contribution is 2.40. The fraction of sp³-hybridized carbons (Fsp3) is 0.357. The van der Waals surface area contributed by atoms with Gasteiger partial charge in [-0.2, -0.15) is 13.2 Å².